The van der Waals surface area contributed by atoms with Gasteiger partial charge in [0, 0.05) is 7.11 Å². The minimum atomic E-state index is -0.345. The van der Waals surface area contributed by atoms with Crippen molar-refractivity contribution in [3.63, 3.8) is 0 Å². The lowest BCUT2D eigenvalue weighted by molar-refractivity contribution is -0.144. The Kier molecular flexibility index (Phi) is 8.23. The molecule has 1 aromatic rings. The molecule has 1 aliphatic heterocycles. The summed E-state index contributed by atoms with van der Waals surface area (Å²) in [5, 5.41) is 3.33. The molecule has 0 saturated heterocycles. The molecule has 0 bridgehead atoms. The molecular formula is C15H24N2O4. The van der Waals surface area contributed by atoms with Crippen LogP contribution in [0.5, 0.6) is 5.75 Å². The second-order valence-corrected chi connectivity index (χ2v) is 4.35. The number of hydrogen-bond donors (Lipinski definition) is 1. The number of rotatable bonds is 5. The van der Waals surface area contributed by atoms with E-state index in [1.165, 1.54) is 19.9 Å². The van der Waals surface area contributed by atoms with E-state index in [9.17, 15) is 4.79 Å². The largest absolute Gasteiger partial charge is 0.490 e. The van der Waals surface area contributed by atoms with E-state index in [4.69, 9.17) is 4.74 Å². The van der Waals surface area contributed by atoms with Crippen LogP contribution in [0.1, 0.15) is 6.92 Å². The average molecular weight is 296 g/mol. The summed E-state index contributed by atoms with van der Waals surface area (Å²) in [5.41, 5.74) is 1.19. The fourth-order valence-electron chi connectivity index (χ4n) is 1.81. The second-order valence-electron chi connectivity index (χ2n) is 4.35. The Morgan fingerprint density at radius 1 is 1.38 bits per heavy atom. The van der Waals surface area contributed by atoms with Gasteiger partial charge in [-0.05, 0) is 18.7 Å². The van der Waals surface area contributed by atoms with Gasteiger partial charge in [0.25, 0.3) is 0 Å². The lowest BCUT2D eigenvalue weighted by Crippen LogP contribution is -2.39. The Balaban J connectivity index is 0.000000270. The van der Waals surface area contributed by atoms with Gasteiger partial charge in [-0.3, -0.25) is 0 Å². The van der Waals surface area contributed by atoms with E-state index in [1.54, 1.807) is 0 Å². The maximum Gasteiger partial charge on any atom is 0.331 e. The van der Waals surface area contributed by atoms with Crippen LogP contribution in [0.4, 0.5) is 5.69 Å². The van der Waals surface area contributed by atoms with Gasteiger partial charge in [0.15, 0.2) is 0 Å². The van der Waals surface area contributed by atoms with Gasteiger partial charge in [0.2, 0.25) is 0 Å². The lowest BCUT2D eigenvalue weighted by atomic mass is 10.2. The zero-order valence-electron chi connectivity index (χ0n) is 12.9. The number of benzene rings is 1. The number of methoxy groups -OCH3 is 2. The molecule has 1 heterocycles. The van der Waals surface area contributed by atoms with E-state index in [2.05, 4.69) is 32.7 Å². The lowest BCUT2D eigenvalue weighted by Gasteiger charge is -2.31. The number of ether oxygens (including phenoxy) is 3. The number of fused-ring (bicyclic) bond motifs is 1. The van der Waals surface area contributed by atoms with E-state index in [1.807, 2.05) is 18.2 Å². The monoisotopic (exact) mass is 296 g/mol. The Hall–Kier alpha value is -1.79. The smallest absolute Gasteiger partial charge is 0.331 e. The first-order valence-corrected chi connectivity index (χ1v) is 6.96. The topological polar surface area (TPSA) is 60.0 Å². The van der Waals surface area contributed by atoms with Crippen molar-refractivity contribution < 1.29 is 19.0 Å². The third-order valence-electron chi connectivity index (χ3n) is 2.87. The molecule has 0 saturated carbocycles. The quantitative estimate of drug-likeness (QED) is 0.826. The molecule has 0 aliphatic carbocycles. The van der Waals surface area contributed by atoms with Crippen molar-refractivity contribution in [2.24, 2.45) is 0 Å². The number of carbonyl (C=O) groups is 1. The van der Waals surface area contributed by atoms with Crippen LogP contribution in [0.3, 0.4) is 0 Å². The summed E-state index contributed by atoms with van der Waals surface area (Å²) in [7, 11) is 2.76. The molecule has 0 aromatic heterocycles. The average Bonchev–Trinajstić information content (AvgIpc) is 2.53. The maximum absolute atomic E-state index is 10.1. The zero-order valence-corrected chi connectivity index (χ0v) is 12.9. The summed E-state index contributed by atoms with van der Waals surface area (Å²) in [4.78, 5) is 12.4. The minimum absolute atomic E-state index is 0.0382. The molecular weight excluding hydrogens is 272 g/mol. The molecule has 1 aromatic carbocycles. The normalized spacial score (nSPS) is 12.6. The number of hydrogen-bond acceptors (Lipinski definition) is 6. The van der Waals surface area contributed by atoms with Gasteiger partial charge >= 0.3 is 5.97 Å². The van der Waals surface area contributed by atoms with Gasteiger partial charge in [-0.15, -0.1) is 0 Å². The van der Waals surface area contributed by atoms with Gasteiger partial charge in [-0.2, -0.15) is 0 Å². The Labute approximate surface area is 126 Å². The van der Waals surface area contributed by atoms with Crippen LogP contribution < -0.4 is 15.0 Å². The zero-order chi connectivity index (χ0) is 15.5. The third kappa shape index (κ3) is 6.01. The van der Waals surface area contributed by atoms with E-state index in [0.717, 1.165) is 32.1 Å². The van der Waals surface area contributed by atoms with Crippen molar-refractivity contribution in [3.8, 4) is 5.75 Å². The summed E-state index contributed by atoms with van der Waals surface area (Å²) >= 11 is 0. The molecule has 1 N–H and O–H groups in total. The Morgan fingerprint density at radius 2 is 2.14 bits per heavy atom. The maximum atomic E-state index is 10.1. The first kappa shape index (κ1) is 17.3. The van der Waals surface area contributed by atoms with Crippen molar-refractivity contribution in [2.45, 2.75) is 6.92 Å². The van der Waals surface area contributed by atoms with Crippen molar-refractivity contribution >= 4 is 11.7 Å². The summed E-state index contributed by atoms with van der Waals surface area (Å²) in [6, 6.07) is 8.18. The molecule has 6 nitrogen and oxygen atoms in total. The van der Waals surface area contributed by atoms with Crippen LogP contribution in [-0.2, 0) is 14.3 Å². The number of para-hydroxylation sites is 2. The summed E-state index contributed by atoms with van der Waals surface area (Å²) in [5.74, 6) is 0.652. The van der Waals surface area contributed by atoms with E-state index in [-0.39, 0.29) is 12.6 Å². The predicted octanol–water partition coefficient (Wildman–Crippen LogP) is 1.26. The summed E-state index contributed by atoms with van der Waals surface area (Å²) in [6.45, 7) is 5.80. The molecule has 0 atom stereocenters. The molecule has 21 heavy (non-hydrogen) atoms. The summed E-state index contributed by atoms with van der Waals surface area (Å²) in [6.07, 6.45) is 0. The van der Waals surface area contributed by atoms with E-state index >= 15 is 0 Å². The van der Waals surface area contributed by atoms with Crippen LogP contribution in [0, 0.1) is 0 Å². The molecule has 0 spiro atoms. The Morgan fingerprint density at radius 3 is 2.76 bits per heavy atom. The first-order chi connectivity index (χ1) is 10.2. The fraction of sp³-hybridized carbons (Fsp3) is 0.533. The highest BCUT2D eigenvalue weighted by atomic mass is 16.6. The van der Waals surface area contributed by atoms with Gasteiger partial charge in [0.05, 0.1) is 26.0 Å². The highest BCUT2D eigenvalue weighted by Gasteiger charge is 2.15. The SMILES string of the molecule is CCNCN1CCOc2ccccc21.COCC(=O)OC. The van der Waals surface area contributed by atoms with Crippen LogP contribution in [-0.4, -0.2) is 53.2 Å². The van der Waals surface area contributed by atoms with Crippen molar-refractivity contribution in [1.29, 1.82) is 0 Å². The second kappa shape index (κ2) is 10.0. The minimum Gasteiger partial charge on any atom is -0.490 e. The van der Waals surface area contributed by atoms with Crippen LogP contribution in [0.15, 0.2) is 24.3 Å². The van der Waals surface area contributed by atoms with E-state index < -0.39 is 0 Å². The molecule has 0 amide bonds. The predicted molar refractivity (Wildman–Crippen MR) is 81.7 cm³/mol. The van der Waals surface area contributed by atoms with Gasteiger partial charge < -0.3 is 24.4 Å². The summed E-state index contributed by atoms with van der Waals surface area (Å²) < 4.78 is 14.2. The Bertz CT molecular complexity index is 426. The number of carbonyl (C=O) groups excluding carboxylic acids is 1. The number of esters is 1. The highest BCUT2D eigenvalue weighted by molar-refractivity contribution is 5.70. The molecule has 0 fully saturated rings. The molecule has 0 unspecified atom stereocenters. The van der Waals surface area contributed by atoms with Gasteiger partial charge in [-0.1, -0.05) is 19.1 Å². The van der Waals surface area contributed by atoms with Crippen LogP contribution in [0.2, 0.25) is 0 Å². The van der Waals surface area contributed by atoms with Crippen molar-refractivity contribution in [2.75, 3.05) is 52.1 Å². The van der Waals surface area contributed by atoms with Crippen molar-refractivity contribution in [3.05, 3.63) is 24.3 Å². The molecule has 0 radical (unpaired) electrons. The molecule has 2 rings (SSSR count). The standard InChI is InChI=1S/C11H16N2O.C4H8O3/c1-2-12-9-13-7-8-14-11-6-4-3-5-10(11)13;1-6-3-4(5)7-2/h3-6,12H,2,7-9H2,1H3;3H2,1-2H3. The first-order valence-electron chi connectivity index (χ1n) is 6.96. The number of anilines is 1. The van der Waals surface area contributed by atoms with E-state index in [0.29, 0.717) is 0 Å². The number of nitrogens with one attached hydrogen (secondary N) is 1. The molecule has 118 valence electrons. The van der Waals surface area contributed by atoms with Crippen LogP contribution >= 0.6 is 0 Å². The highest BCUT2D eigenvalue weighted by Crippen LogP contribution is 2.30. The van der Waals surface area contributed by atoms with Gasteiger partial charge in [-0.25, -0.2) is 4.79 Å². The fourth-order valence-corrected chi connectivity index (χ4v) is 1.81. The van der Waals surface area contributed by atoms with Crippen LogP contribution in [0.25, 0.3) is 0 Å². The molecule has 1 aliphatic rings. The van der Waals surface area contributed by atoms with Gasteiger partial charge in [0.1, 0.15) is 19.0 Å². The van der Waals surface area contributed by atoms with Crippen molar-refractivity contribution in [1.82, 2.24) is 5.32 Å². The number of nitrogens with zero attached hydrogens (tertiary/aromatic N) is 1. The molecule has 6 heteroatoms. The third-order valence-corrected chi connectivity index (χ3v) is 2.87.